The first kappa shape index (κ1) is 12.5. The van der Waals surface area contributed by atoms with Crippen LogP contribution >= 0.6 is 0 Å². The van der Waals surface area contributed by atoms with E-state index in [1.54, 1.807) is 18.2 Å². The lowest BCUT2D eigenvalue weighted by atomic mass is 9.80. The van der Waals surface area contributed by atoms with E-state index in [9.17, 15) is 4.79 Å². The molecule has 0 unspecified atom stereocenters. The van der Waals surface area contributed by atoms with E-state index >= 15 is 0 Å². The monoisotopic (exact) mass is 240 g/mol. The Morgan fingerprint density at radius 3 is 2.17 bits per heavy atom. The summed E-state index contributed by atoms with van der Waals surface area (Å²) in [6, 6.07) is 13.7. The molecule has 0 aliphatic rings. The standard InChI is InChI=1S/C14H13BO3/c1-10-4-2-3-5-13(10)14(16)11-6-8-12(9-7-11)15(17)18/h2-9,17-18H,1H3. The first-order valence-electron chi connectivity index (χ1n) is 5.66. The Balaban J connectivity index is 2.32. The number of benzene rings is 2. The molecule has 0 amide bonds. The molecule has 0 fully saturated rings. The van der Waals surface area contributed by atoms with Crippen molar-refractivity contribution in [3.63, 3.8) is 0 Å². The molecule has 4 heteroatoms. The normalized spacial score (nSPS) is 10.2. The van der Waals surface area contributed by atoms with Crippen LogP contribution in [0.3, 0.4) is 0 Å². The molecule has 90 valence electrons. The minimum absolute atomic E-state index is 0.0629. The quantitative estimate of drug-likeness (QED) is 0.619. The highest BCUT2D eigenvalue weighted by Crippen LogP contribution is 2.13. The summed E-state index contributed by atoms with van der Waals surface area (Å²) in [6.45, 7) is 1.89. The summed E-state index contributed by atoms with van der Waals surface area (Å²) in [5, 5.41) is 18.0. The Morgan fingerprint density at radius 2 is 1.61 bits per heavy atom. The van der Waals surface area contributed by atoms with E-state index in [1.165, 1.54) is 12.1 Å². The van der Waals surface area contributed by atoms with Crippen LogP contribution in [0.2, 0.25) is 0 Å². The van der Waals surface area contributed by atoms with Crippen molar-refractivity contribution in [2.45, 2.75) is 6.92 Å². The summed E-state index contributed by atoms with van der Waals surface area (Å²) in [4.78, 5) is 12.2. The molecule has 0 aliphatic carbocycles. The van der Waals surface area contributed by atoms with Gasteiger partial charge in [0.2, 0.25) is 0 Å². The summed E-state index contributed by atoms with van der Waals surface area (Å²) in [6.07, 6.45) is 0. The van der Waals surface area contributed by atoms with Crippen LogP contribution in [0.1, 0.15) is 21.5 Å². The van der Waals surface area contributed by atoms with Gasteiger partial charge >= 0.3 is 7.12 Å². The maximum absolute atomic E-state index is 12.2. The number of ketones is 1. The summed E-state index contributed by atoms with van der Waals surface area (Å²) < 4.78 is 0. The number of hydrogen-bond donors (Lipinski definition) is 2. The fraction of sp³-hybridized carbons (Fsp3) is 0.0714. The van der Waals surface area contributed by atoms with Gasteiger partial charge in [0.15, 0.2) is 5.78 Å². The third-order valence-electron chi connectivity index (χ3n) is 2.86. The number of rotatable bonds is 3. The van der Waals surface area contributed by atoms with Crippen molar-refractivity contribution in [1.29, 1.82) is 0 Å². The van der Waals surface area contributed by atoms with Crippen molar-refractivity contribution in [2.75, 3.05) is 0 Å². The van der Waals surface area contributed by atoms with E-state index < -0.39 is 7.12 Å². The van der Waals surface area contributed by atoms with Crippen LogP contribution in [0.15, 0.2) is 48.5 Å². The SMILES string of the molecule is Cc1ccccc1C(=O)c1ccc(B(O)O)cc1. The Morgan fingerprint density at radius 1 is 1.00 bits per heavy atom. The number of carbonyl (C=O) groups excluding carboxylic acids is 1. The predicted molar refractivity (Wildman–Crippen MR) is 70.9 cm³/mol. The van der Waals surface area contributed by atoms with E-state index in [0.717, 1.165) is 5.56 Å². The minimum atomic E-state index is -1.51. The molecule has 0 bridgehead atoms. The molecule has 2 aromatic carbocycles. The van der Waals surface area contributed by atoms with E-state index in [1.807, 2.05) is 25.1 Å². The van der Waals surface area contributed by atoms with Crippen molar-refractivity contribution in [3.05, 3.63) is 65.2 Å². The van der Waals surface area contributed by atoms with Crippen molar-refractivity contribution in [1.82, 2.24) is 0 Å². The highest BCUT2D eigenvalue weighted by molar-refractivity contribution is 6.58. The molecule has 0 saturated carbocycles. The van der Waals surface area contributed by atoms with E-state index in [-0.39, 0.29) is 5.78 Å². The Bertz CT molecular complexity index is 562. The second kappa shape index (κ2) is 5.17. The highest BCUT2D eigenvalue weighted by atomic mass is 16.4. The Kier molecular flexibility index (Phi) is 3.60. The summed E-state index contributed by atoms with van der Waals surface area (Å²) >= 11 is 0. The second-order valence-electron chi connectivity index (χ2n) is 4.14. The molecule has 18 heavy (non-hydrogen) atoms. The topological polar surface area (TPSA) is 57.5 Å². The van der Waals surface area contributed by atoms with Crippen molar-refractivity contribution >= 4 is 18.4 Å². The smallest absolute Gasteiger partial charge is 0.423 e. The van der Waals surface area contributed by atoms with Gasteiger partial charge in [0.25, 0.3) is 0 Å². The zero-order valence-electron chi connectivity index (χ0n) is 10.00. The van der Waals surface area contributed by atoms with Crippen LogP contribution in [-0.2, 0) is 0 Å². The van der Waals surface area contributed by atoms with Gasteiger partial charge < -0.3 is 10.0 Å². The molecular formula is C14H13BO3. The van der Waals surface area contributed by atoms with Crippen LogP contribution in [0.25, 0.3) is 0 Å². The van der Waals surface area contributed by atoms with Gasteiger partial charge in [-0.3, -0.25) is 4.79 Å². The van der Waals surface area contributed by atoms with Gasteiger partial charge in [-0.25, -0.2) is 0 Å². The molecule has 2 rings (SSSR count). The molecule has 0 radical (unpaired) electrons. The molecule has 0 saturated heterocycles. The molecule has 2 aromatic rings. The van der Waals surface area contributed by atoms with Gasteiger partial charge in [0, 0.05) is 11.1 Å². The maximum Gasteiger partial charge on any atom is 0.488 e. The van der Waals surface area contributed by atoms with Crippen molar-refractivity contribution < 1.29 is 14.8 Å². The van der Waals surface area contributed by atoms with Crippen LogP contribution < -0.4 is 5.46 Å². The van der Waals surface area contributed by atoms with Crippen LogP contribution in [0, 0.1) is 6.92 Å². The molecule has 0 heterocycles. The third kappa shape index (κ3) is 2.50. The fourth-order valence-corrected chi connectivity index (χ4v) is 1.79. The first-order valence-corrected chi connectivity index (χ1v) is 5.66. The van der Waals surface area contributed by atoms with Crippen LogP contribution in [-0.4, -0.2) is 22.9 Å². The van der Waals surface area contributed by atoms with E-state index in [2.05, 4.69) is 0 Å². The molecular weight excluding hydrogens is 227 g/mol. The summed E-state index contributed by atoms with van der Waals surface area (Å²) in [7, 11) is -1.51. The molecule has 0 aromatic heterocycles. The van der Waals surface area contributed by atoms with E-state index in [4.69, 9.17) is 10.0 Å². The lowest BCUT2D eigenvalue weighted by Gasteiger charge is -2.05. The van der Waals surface area contributed by atoms with Gasteiger partial charge in [-0.15, -0.1) is 0 Å². The zero-order valence-corrected chi connectivity index (χ0v) is 10.00. The number of aryl methyl sites for hydroxylation is 1. The lowest BCUT2D eigenvalue weighted by molar-refractivity contribution is 0.103. The predicted octanol–water partition coefficient (Wildman–Crippen LogP) is 0.906. The molecule has 0 atom stereocenters. The number of carbonyl (C=O) groups is 1. The fourth-order valence-electron chi connectivity index (χ4n) is 1.79. The largest absolute Gasteiger partial charge is 0.488 e. The van der Waals surface area contributed by atoms with Gasteiger partial charge in [0.05, 0.1) is 0 Å². The van der Waals surface area contributed by atoms with Gasteiger partial charge in [-0.05, 0) is 17.9 Å². The molecule has 3 nitrogen and oxygen atoms in total. The van der Waals surface area contributed by atoms with Crippen LogP contribution in [0.5, 0.6) is 0 Å². The molecule has 2 N–H and O–H groups in total. The Labute approximate surface area is 106 Å². The second-order valence-corrected chi connectivity index (χ2v) is 4.14. The molecule has 0 spiro atoms. The summed E-state index contributed by atoms with van der Waals surface area (Å²) in [5.74, 6) is -0.0629. The zero-order chi connectivity index (χ0) is 13.1. The van der Waals surface area contributed by atoms with E-state index in [0.29, 0.717) is 16.6 Å². The average Bonchev–Trinajstić information content (AvgIpc) is 2.38. The first-order chi connectivity index (χ1) is 8.59. The number of hydrogen-bond acceptors (Lipinski definition) is 3. The van der Waals surface area contributed by atoms with Crippen molar-refractivity contribution in [2.24, 2.45) is 0 Å². The minimum Gasteiger partial charge on any atom is -0.423 e. The average molecular weight is 240 g/mol. The van der Waals surface area contributed by atoms with Gasteiger partial charge in [0.1, 0.15) is 0 Å². The summed E-state index contributed by atoms with van der Waals surface area (Å²) in [5.41, 5.74) is 2.49. The van der Waals surface area contributed by atoms with Crippen molar-refractivity contribution in [3.8, 4) is 0 Å². The maximum atomic E-state index is 12.2. The third-order valence-corrected chi connectivity index (χ3v) is 2.86. The Hall–Kier alpha value is -1.91. The van der Waals surface area contributed by atoms with Gasteiger partial charge in [-0.1, -0.05) is 48.5 Å². The van der Waals surface area contributed by atoms with Crippen LogP contribution in [0.4, 0.5) is 0 Å². The lowest BCUT2D eigenvalue weighted by Crippen LogP contribution is -2.29. The highest BCUT2D eigenvalue weighted by Gasteiger charge is 2.14. The van der Waals surface area contributed by atoms with Gasteiger partial charge in [-0.2, -0.15) is 0 Å². The molecule has 0 aliphatic heterocycles.